The monoisotopic (exact) mass is 223 g/mol. The number of rotatable bonds is 3. The van der Waals surface area contributed by atoms with Gasteiger partial charge < -0.3 is 4.52 Å². The standard InChI is InChI=1S/C11H17N3O2/c1-8(15)7-10-12-11(13-16-10)9-5-3-4-6-14(9)2/h9H,3-7H2,1-2H3. The Hall–Kier alpha value is -1.23. The summed E-state index contributed by atoms with van der Waals surface area (Å²) in [4.78, 5) is 17.5. The van der Waals surface area contributed by atoms with Crippen LogP contribution in [0, 0.1) is 0 Å². The molecule has 0 saturated carbocycles. The zero-order valence-electron chi connectivity index (χ0n) is 9.77. The van der Waals surface area contributed by atoms with Crippen molar-refractivity contribution in [3.8, 4) is 0 Å². The van der Waals surface area contributed by atoms with E-state index in [1.165, 1.54) is 19.8 Å². The van der Waals surface area contributed by atoms with Crippen molar-refractivity contribution in [2.45, 2.75) is 38.6 Å². The average Bonchev–Trinajstić information content (AvgIpc) is 2.66. The van der Waals surface area contributed by atoms with E-state index in [1.54, 1.807) is 0 Å². The molecule has 0 aromatic carbocycles. The molecule has 2 heterocycles. The number of likely N-dealkylation sites (tertiary alicyclic amines) is 1. The lowest BCUT2D eigenvalue weighted by Gasteiger charge is -2.29. The molecule has 1 unspecified atom stereocenters. The molecule has 1 fully saturated rings. The summed E-state index contributed by atoms with van der Waals surface area (Å²) in [7, 11) is 2.07. The lowest BCUT2D eigenvalue weighted by atomic mass is 10.0. The fraction of sp³-hybridized carbons (Fsp3) is 0.727. The first-order chi connectivity index (χ1) is 7.66. The van der Waals surface area contributed by atoms with Gasteiger partial charge in [0.15, 0.2) is 5.82 Å². The number of carbonyl (C=O) groups excluding carboxylic acids is 1. The maximum absolute atomic E-state index is 10.9. The molecular weight excluding hydrogens is 206 g/mol. The summed E-state index contributed by atoms with van der Waals surface area (Å²) < 4.78 is 5.07. The molecule has 1 aromatic heterocycles. The largest absolute Gasteiger partial charge is 0.339 e. The van der Waals surface area contributed by atoms with E-state index in [9.17, 15) is 4.79 Å². The molecule has 0 spiro atoms. The second kappa shape index (κ2) is 4.74. The molecule has 5 nitrogen and oxygen atoms in total. The Kier molecular flexibility index (Phi) is 3.33. The summed E-state index contributed by atoms with van der Waals surface area (Å²) in [5.74, 6) is 1.20. The molecule has 0 amide bonds. The van der Waals surface area contributed by atoms with Crippen molar-refractivity contribution in [1.82, 2.24) is 15.0 Å². The highest BCUT2D eigenvalue weighted by molar-refractivity contribution is 5.77. The molecule has 0 aliphatic carbocycles. The van der Waals surface area contributed by atoms with Gasteiger partial charge in [0.1, 0.15) is 5.78 Å². The third-order valence-electron chi connectivity index (χ3n) is 2.95. The molecule has 88 valence electrons. The van der Waals surface area contributed by atoms with E-state index in [-0.39, 0.29) is 18.2 Å². The van der Waals surface area contributed by atoms with Gasteiger partial charge in [-0.05, 0) is 33.4 Å². The van der Waals surface area contributed by atoms with Crippen LogP contribution in [0.15, 0.2) is 4.52 Å². The molecule has 1 aliphatic heterocycles. The predicted octanol–water partition coefficient (Wildman–Crippen LogP) is 1.36. The van der Waals surface area contributed by atoms with Gasteiger partial charge in [-0.3, -0.25) is 9.69 Å². The van der Waals surface area contributed by atoms with Crippen LogP contribution in [0.2, 0.25) is 0 Å². The van der Waals surface area contributed by atoms with Crippen LogP contribution in [0.1, 0.15) is 43.9 Å². The van der Waals surface area contributed by atoms with Gasteiger partial charge in [-0.2, -0.15) is 4.98 Å². The molecule has 1 aliphatic rings. The van der Waals surface area contributed by atoms with Gasteiger partial charge in [0.2, 0.25) is 5.89 Å². The first-order valence-corrected chi connectivity index (χ1v) is 5.69. The van der Waals surface area contributed by atoms with E-state index in [4.69, 9.17) is 4.52 Å². The lowest BCUT2D eigenvalue weighted by Crippen LogP contribution is -2.30. The van der Waals surface area contributed by atoms with Crippen LogP contribution < -0.4 is 0 Å². The van der Waals surface area contributed by atoms with Crippen molar-refractivity contribution in [2.75, 3.05) is 13.6 Å². The number of piperidine rings is 1. The fourth-order valence-electron chi connectivity index (χ4n) is 2.09. The molecule has 2 rings (SSSR count). The minimum Gasteiger partial charge on any atom is -0.339 e. The maximum atomic E-state index is 10.9. The van der Waals surface area contributed by atoms with Crippen LogP contribution in [0.25, 0.3) is 0 Å². The van der Waals surface area contributed by atoms with Gasteiger partial charge in [-0.25, -0.2) is 0 Å². The Labute approximate surface area is 94.8 Å². The molecule has 0 bridgehead atoms. The van der Waals surface area contributed by atoms with Crippen LogP contribution in [0.4, 0.5) is 0 Å². The van der Waals surface area contributed by atoms with Crippen molar-refractivity contribution in [1.29, 1.82) is 0 Å². The zero-order chi connectivity index (χ0) is 11.5. The van der Waals surface area contributed by atoms with Gasteiger partial charge >= 0.3 is 0 Å². The van der Waals surface area contributed by atoms with E-state index in [2.05, 4.69) is 22.1 Å². The Morgan fingerprint density at radius 1 is 1.56 bits per heavy atom. The third-order valence-corrected chi connectivity index (χ3v) is 2.95. The average molecular weight is 223 g/mol. The summed E-state index contributed by atoms with van der Waals surface area (Å²) >= 11 is 0. The molecule has 5 heteroatoms. The molecule has 1 saturated heterocycles. The van der Waals surface area contributed by atoms with Gasteiger partial charge in [0.25, 0.3) is 0 Å². The normalized spacial score (nSPS) is 22.2. The predicted molar refractivity (Wildman–Crippen MR) is 57.9 cm³/mol. The minimum absolute atomic E-state index is 0.0483. The fourth-order valence-corrected chi connectivity index (χ4v) is 2.09. The van der Waals surface area contributed by atoms with Crippen LogP contribution in [-0.2, 0) is 11.2 Å². The van der Waals surface area contributed by atoms with Crippen molar-refractivity contribution in [3.63, 3.8) is 0 Å². The molecule has 1 aromatic rings. The Balaban J connectivity index is 2.08. The van der Waals surface area contributed by atoms with Crippen molar-refractivity contribution in [2.24, 2.45) is 0 Å². The maximum Gasteiger partial charge on any atom is 0.234 e. The van der Waals surface area contributed by atoms with Gasteiger partial charge in [-0.1, -0.05) is 11.6 Å². The summed E-state index contributed by atoms with van der Waals surface area (Å²) in [6, 6.07) is 0.248. The van der Waals surface area contributed by atoms with Crippen LogP contribution in [0.5, 0.6) is 0 Å². The van der Waals surface area contributed by atoms with E-state index < -0.39 is 0 Å². The van der Waals surface area contributed by atoms with Gasteiger partial charge in [0, 0.05) is 0 Å². The summed E-state index contributed by atoms with van der Waals surface area (Å²) in [6.45, 7) is 2.60. The molecule has 0 radical (unpaired) electrons. The van der Waals surface area contributed by atoms with Crippen molar-refractivity contribution in [3.05, 3.63) is 11.7 Å². The highest BCUT2D eigenvalue weighted by Gasteiger charge is 2.25. The van der Waals surface area contributed by atoms with E-state index >= 15 is 0 Å². The Morgan fingerprint density at radius 2 is 2.38 bits per heavy atom. The lowest BCUT2D eigenvalue weighted by molar-refractivity contribution is -0.116. The number of hydrogen-bond donors (Lipinski definition) is 0. The first kappa shape index (κ1) is 11.3. The number of Topliss-reactive ketones (excluding diaryl/α,β-unsaturated/α-hetero) is 1. The Morgan fingerprint density at radius 3 is 3.06 bits per heavy atom. The number of hydrogen-bond acceptors (Lipinski definition) is 5. The molecule has 1 atom stereocenters. The summed E-state index contributed by atoms with van der Waals surface area (Å²) in [5.41, 5.74) is 0. The second-order valence-corrected chi connectivity index (χ2v) is 4.42. The highest BCUT2D eigenvalue weighted by atomic mass is 16.5. The van der Waals surface area contributed by atoms with Gasteiger partial charge in [0.05, 0.1) is 12.5 Å². The molecule has 0 N–H and O–H groups in total. The smallest absolute Gasteiger partial charge is 0.234 e. The van der Waals surface area contributed by atoms with Crippen molar-refractivity contribution >= 4 is 5.78 Å². The third kappa shape index (κ3) is 2.47. The second-order valence-electron chi connectivity index (χ2n) is 4.42. The first-order valence-electron chi connectivity index (χ1n) is 5.69. The van der Waals surface area contributed by atoms with Crippen LogP contribution in [0.3, 0.4) is 0 Å². The minimum atomic E-state index is 0.0483. The number of nitrogens with zero attached hydrogens (tertiary/aromatic N) is 3. The van der Waals surface area contributed by atoms with E-state index in [0.717, 1.165) is 18.8 Å². The van der Waals surface area contributed by atoms with Crippen LogP contribution in [-0.4, -0.2) is 34.4 Å². The topological polar surface area (TPSA) is 59.2 Å². The van der Waals surface area contributed by atoms with Crippen molar-refractivity contribution < 1.29 is 9.32 Å². The molecular formula is C11H17N3O2. The molecule has 16 heavy (non-hydrogen) atoms. The Bertz CT molecular complexity index is 375. The zero-order valence-corrected chi connectivity index (χ0v) is 9.77. The number of carbonyl (C=O) groups is 1. The summed E-state index contributed by atoms with van der Waals surface area (Å²) in [6.07, 6.45) is 3.73. The number of aromatic nitrogens is 2. The summed E-state index contributed by atoms with van der Waals surface area (Å²) in [5, 5.41) is 3.96. The quantitative estimate of drug-likeness (QED) is 0.774. The van der Waals surface area contributed by atoms with Crippen LogP contribution >= 0.6 is 0 Å². The highest BCUT2D eigenvalue weighted by Crippen LogP contribution is 2.27. The SMILES string of the molecule is CC(=O)Cc1nc(C2CCCCN2C)no1. The van der Waals surface area contributed by atoms with E-state index in [0.29, 0.717) is 5.89 Å². The van der Waals surface area contributed by atoms with E-state index in [1.807, 2.05) is 0 Å². The number of ketones is 1. The van der Waals surface area contributed by atoms with Gasteiger partial charge in [-0.15, -0.1) is 0 Å².